The lowest BCUT2D eigenvalue weighted by Crippen LogP contribution is -2.43. The van der Waals surface area contributed by atoms with Gasteiger partial charge in [0.05, 0.1) is 6.42 Å². The molecule has 7 nitrogen and oxygen atoms in total. The zero-order chi connectivity index (χ0) is 21.5. The van der Waals surface area contributed by atoms with Crippen LogP contribution in [-0.4, -0.2) is 47.3 Å². The molecule has 0 rings (SSSR count). The Bertz CT molecular complexity index is 508. The largest absolute Gasteiger partial charge is 0.460 e. The van der Waals surface area contributed by atoms with Crippen LogP contribution in [0.25, 0.3) is 0 Å². The molecule has 0 spiro atoms. The van der Waals surface area contributed by atoms with Crippen LogP contribution < -0.4 is 5.32 Å². The fraction of sp³-hybridized carbons (Fsp3) is 0.850. The van der Waals surface area contributed by atoms with Gasteiger partial charge in [0.2, 0.25) is 0 Å². The Morgan fingerprint density at radius 2 is 1.11 bits per heavy atom. The van der Waals surface area contributed by atoms with E-state index < -0.39 is 28.8 Å². The predicted molar refractivity (Wildman–Crippen MR) is 103 cm³/mol. The van der Waals surface area contributed by atoms with E-state index in [1.807, 2.05) is 0 Å². The summed E-state index contributed by atoms with van der Waals surface area (Å²) >= 11 is 0. The van der Waals surface area contributed by atoms with Crippen LogP contribution in [-0.2, 0) is 28.6 Å². The minimum Gasteiger partial charge on any atom is -0.460 e. The molecule has 0 saturated carbocycles. The molecule has 7 heteroatoms. The zero-order valence-corrected chi connectivity index (χ0v) is 18.4. The van der Waals surface area contributed by atoms with Gasteiger partial charge in [-0.1, -0.05) is 0 Å². The van der Waals surface area contributed by atoms with Crippen molar-refractivity contribution in [3.8, 4) is 0 Å². The molecule has 0 aromatic carbocycles. The minimum atomic E-state index is -0.709. The molecule has 0 saturated heterocycles. The van der Waals surface area contributed by atoms with E-state index in [-0.39, 0.29) is 37.7 Å². The van der Waals surface area contributed by atoms with Crippen molar-refractivity contribution in [2.75, 3.05) is 6.54 Å². The lowest BCUT2D eigenvalue weighted by atomic mass is 10.1. The van der Waals surface area contributed by atoms with Crippen LogP contribution in [0.4, 0.5) is 0 Å². The Kier molecular flexibility index (Phi) is 9.45. The average Bonchev–Trinajstić information content (AvgIpc) is 2.36. The van der Waals surface area contributed by atoms with Crippen LogP contribution in [0.5, 0.6) is 0 Å². The molecule has 0 aliphatic carbocycles. The van der Waals surface area contributed by atoms with Gasteiger partial charge in [-0.25, -0.2) is 0 Å². The highest BCUT2D eigenvalue weighted by Gasteiger charge is 2.27. The minimum absolute atomic E-state index is 0.0701. The highest BCUT2D eigenvalue weighted by Crippen LogP contribution is 2.14. The van der Waals surface area contributed by atoms with Gasteiger partial charge in [-0.05, 0) is 68.7 Å². The van der Waals surface area contributed by atoms with Gasteiger partial charge < -0.3 is 19.5 Å². The Labute approximate surface area is 163 Å². The van der Waals surface area contributed by atoms with Crippen molar-refractivity contribution >= 4 is 17.9 Å². The quantitative estimate of drug-likeness (QED) is 0.505. The molecule has 0 aromatic rings. The summed E-state index contributed by atoms with van der Waals surface area (Å²) in [5.41, 5.74) is -1.78. The zero-order valence-electron chi connectivity index (χ0n) is 18.4. The van der Waals surface area contributed by atoms with E-state index in [1.54, 1.807) is 62.3 Å². The molecule has 0 radical (unpaired) electrons. The average molecular weight is 388 g/mol. The first kappa shape index (κ1) is 25.4. The summed E-state index contributed by atoms with van der Waals surface area (Å²) in [5, 5.41) is 2.99. The molecule has 0 heterocycles. The third-order valence-corrected chi connectivity index (χ3v) is 2.89. The number of carbonyl (C=O) groups is 3. The Hall–Kier alpha value is -1.63. The van der Waals surface area contributed by atoms with Crippen molar-refractivity contribution in [1.82, 2.24) is 5.32 Å². The van der Waals surface area contributed by atoms with E-state index in [1.165, 1.54) is 0 Å². The molecule has 1 N–H and O–H groups in total. The van der Waals surface area contributed by atoms with Gasteiger partial charge in [-0.3, -0.25) is 14.4 Å². The SMILES string of the molecule is CC(C)(C)OC(=O)CCN[C@@H](CCC(=O)OC(C)(C)C)C(=O)OC(C)(C)C. The number of ether oxygens (including phenoxy) is 3. The molecule has 0 aliphatic heterocycles. The number of nitrogens with one attached hydrogen (secondary N) is 1. The van der Waals surface area contributed by atoms with Crippen LogP contribution >= 0.6 is 0 Å². The van der Waals surface area contributed by atoms with E-state index in [4.69, 9.17) is 14.2 Å². The number of carbonyl (C=O) groups excluding carboxylic acids is 3. The molecule has 0 aliphatic rings. The summed E-state index contributed by atoms with van der Waals surface area (Å²) in [4.78, 5) is 36.2. The maximum absolute atomic E-state index is 12.4. The van der Waals surface area contributed by atoms with Crippen LogP contribution in [0.3, 0.4) is 0 Å². The first-order valence-electron chi connectivity index (χ1n) is 9.38. The Balaban J connectivity index is 4.73. The highest BCUT2D eigenvalue weighted by atomic mass is 16.6. The molecule has 0 fully saturated rings. The van der Waals surface area contributed by atoms with Crippen molar-refractivity contribution in [2.45, 2.75) is 104 Å². The second-order valence-electron chi connectivity index (χ2n) is 9.50. The lowest BCUT2D eigenvalue weighted by molar-refractivity contribution is -0.160. The maximum atomic E-state index is 12.4. The van der Waals surface area contributed by atoms with E-state index in [0.29, 0.717) is 0 Å². The predicted octanol–water partition coefficient (Wildman–Crippen LogP) is 3.14. The molecule has 27 heavy (non-hydrogen) atoms. The number of esters is 3. The molecule has 0 unspecified atom stereocenters. The van der Waals surface area contributed by atoms with E-state index in [2.05, 4.69) is 5.32 Å². The van der Waals surface area contributed by atoms with Gasteiger partial charge >= 0.3 is 17.9 Å². The fourth-order valence-electron chi connectivity index (χ4n) is 2.07. The first-order chi connectivity index (χ1) is 12.0. The molecular formula is C20H37NO6. The number of hydrogen-bond acceptors (Lipinski definition) is 7. The smallest absolute Gasteiger partial charge is 0.323 e. The van der Waals surface area contributed by atoms with Crippen LogP contribution in [0.15, 0.2) is 0 Å². The van der Waals surface area contributed by atoms with E-state index in [0.717, 1.165) is 0 Å². The molecule has 0 amide bonds. The number of hydrogen-bond donors (Lipinski definition) is 1. The van der Waals surface area contributed by atoms with Gasteiger partial charge in [0.15, 0.2) is 0 Å². The first-order valence-corrected chi connectivity index (χ1v) is 9.38. The molecule has 158 valence electrons. The Morgan fingerprint density at radius 1 is 0.704 bits per heavy atom. The summed E-state index contributed by atoms with van der Waals surface area (Å²) in [5.74, 6) is -1.20. The van der Waals surface area contributed by atoms with E-state index in [9.17, 15) is 14.4 Å². The molecule has 1 atom stereocenters. The maximum Gasteiger partial charge on any atom is 0.323 e. The van der Waals surface area contributed by atoms with Crippen LogP contribution in [0.2, 0.25) is 0 Å². The molecule has 0 aromatic heterocycles. The summed E-state index contributed by atoms with van der Waals surface area (Å²) in [6.45, 7) is 16.3. The van der Waals surface area contributed by atoms with Gasteiger partial charge in [0.1, 0.15) is 22.8 Å². The molecular weight excluding hydrogens is 350 g/mol. The van der Waals surface area contributed by atoms with Crippen LogP contribution in [0, 0.1) is 0 Å². The summed E-state index contributed by atoms with van der Waals surface area (Å²) in [7, 11) is 0. The molecule has 0 bridgehead atoms. The van der Waals surface area contributed by atoms with Gasteiger partial charge in [-0.2, -0.15) is 0 Å². The second-order valence-corrected chi connectivity index (χ2v) is 9.50. The van der Waals surface area contributed by atoms with Crippen molar-refractivity contribution in [3.05, 3.63) is 0 Å². The third kappa shape index (κ3) is 15.2. The second kappa shape index (κ2) is 10.1. The van der Waals surface area contributed by atoms with Crippen molar-refractivity contribution in [1.29, 1.82) is 0 Å². The Morgan fingerprint density at radius 3 is 1.52 bits per heavy atom. The van der Waals surface area contributed by atoms with E-state index >= 15 is 0 Å². The summed E-state index contributed by atoms with van der Waals surface area (Å²) < 4.78 is 15.9. The third-order valence-electron chi connectivity index (χ3n) is 2.89. The highest BCUT2D eigenvalue weighted by molar-refractivity contribution is 5.78. The van der Waals surface area contributed by atoms with Gasteiger partial charge in [-0.15, -0.1) is 0 Å². The normalized spacial score (nSPS) is 13.7. The number of rotatable bonds is 8. The van der Waals surface area contributed by atoms with Crippen molar-refractivity contribution in [2.24, 2.45) is 0 Å². The fourth-order valence-corrected chi connectivity index (χ4v) is 2.07. The monoisotopic (exact) mass is 387 g/mol. The standard InChI is InChI=1S/C20H37NO6/c1-18(2,3)25-15(22)11-10-14(17(24)27-20(7,8)9)21-13-12-16(23)26-19(4,5)6/h14,21H,10-13H2,1-9H3/t14-/m0/s1. The van der Waals surface area contributed by atoms with Gasteiger partial charge in [0, 0.05) is 13.0 Å². The van der Waals surface area contributed by atoms with Crippen LogP contribution in [0.1, 0.15) is 81.6 Å². The van der Waals surface area contributed by atoms with Crippen molar-refractivity contribution < 1.29 is 28.6 Å². The lowest BCUT2D eigenvalue weighted by Gasteiger charge is -2.25. The summed E-state index contributed by atoms with van der Waals surface area (Å²) in [6.07, 6.45) is 0.405. The van der Waals surface area contributed by atoms with Gasteiger partial charge in [0.25, 0.3) is 0 Å². The summed E-state index contributed by atoms with van der Waals surface area (Å²) in [6, 6.07) is -0.709. The van der Waals surface area contributed by atoms with Crippen molar-refractivity contribution in [3.63, 3.8) is 0 Å². The topological polar surface area (TPSA) is 90.9 Å².